The van der Waals surface area contributed by atoms with Crippen LogP contribution in [0.5, 0.6) is 0 Å². The number of aryl methyl sites for hydroxylation is 1. The zero-order valence-corrected chi connectivity index (χ0v) is 10.1. The minimum atomic E-state index is -1.03. The monoisotopic (exact) mass is 240 g/mol. The molecule has 6 heteroatoms. The minimum absolute atomic E-state index is 0.145. The molecular weight excluding hydrogens is 224 g/mol. The number of hydrogen-bond donors (Lipinski definition) is 1. The van der Waals surface area contributed by atoms with Crippen molar-refractivity contribution in [1.29, 1.82) is 0 Å². The van der Waals surface area contributed by atoms with Gasteiger partial charge in [-0.25, -0.2) is 0 Å². The standard InChI is InChI=1S/C11H16N2O4/c1-4-7(2)13(6-10(14)15)11(16)9-5-12-17-8(9)3/h5,7H,4,6H2,1-3H3,(H,14,15). The van der Waals surface area contributed by atoms with Gasteiger partial charge in [-0.05, 0) is 20.3 Å². The van der Waals surface area contributed by atoms with Crippen LogP contribution in [-0.4, -0.2) is 39.6 Å². The van der Waals surface area contributed by atoms with Crippen LogP contribution in [0.4, 0.5) is 0 Å². The van der Waals surface area contributed by atoms with Crippen LogP contribution in [0.2, 0.25) is 0 Å². The highest BCUT2D eigenvalue weighted by Crippen LogP contribution is 2.13. The lowest BCUT2D eigenvalue weighted by molar-refractivity contribution is -0.138. The van der Waals surface area contributed by atoms with Crippen LogP contribution >= 0.6 is 0 Å². The van der Waals surface area contributed by atoms with Crippen molar-refractivity contribution in [3.63, 3.8) is 0 Å². The van der Waals surface area contributed by atoms with Gasteiger partial charge in [-0.2, -0.15) is 0 Å². The quantitative estimate of drug-likeness (QED) is 0.838. The number of rotatable bonds is 5. The highest BCUT2D eigenvalue weighted by molar-refractivity contribution is 5.96. The topological polar surface area (TPSA) is 83.6 Å². The summed E-state index contributed by atoms with van der Waals surface area (Å²) in [6, 6.07) is -0.145. The fourth-order valence-corrected chi connectivity index (χ4v) is 1.45. The van der Waals surface area contributed by atoms with Gasteiger partial charge in [0.15, 0.2) is 0 Å². The molecule has 1 amide bonds. The van der Waals surface area contributed by atoms with Crippen molar-refractivity contribution in [2.45, 2.75) is 33.2 Å². The van der Waals surface area contributed by atoms with Gasteiger partial charge in [0.25, 0.3) is 5.91 Å². The maximum Gasteiger partial charge on any atom is 0.323 e. The fraction of sp³-hybridized carbons (Fsp3) is 0.545. The summed E-state index contributed by atoms with van der Waals surface area (Å²) in [5, 5.41) is 12.3. The average Bonchev–Trinajstić information content (AvgIpc) is 2.70. The molecule has 0 saturated heterocycles. The average molecular weight is 240 g/mol. The Bertz CT molecular complexity index is 413. The third-order valence-electron chi connectivity index (χ3n) is 2.67. The van der Waals surface area contributed by atoms with Gasteiger partial charge in [-0.3, -0.25) is 9.59 Å². The van der Waals surface area contributed by atoms with E-state index >= 15 is 0 Å². The van der Waals surface area contributed by atoms with Crippen molar-refractivity contribution in [3.8, 4) is 0 Å². The molecule has 0 radical (unpaired) electrons. The van der Waals surface area contributed by atoms with Gasteiger partial charge in [-0.15, -0.1) is 0 Å². The molecule has 0 fully saturated rings. The van der Waals surface area contributed by atoms with Gasteiger partial charge in [0, 0.05) is 6.04 Å². The largest absolute Gasteiger partial charge is 0.480 e. The molecule has 1 atom stereocenters. The number of carbonyl (C=O) groups excluding carboxylic acids is 1. The molecule has 0 aliphatic rings. The Hall–Kier alpha value is -1.85. The number of carboxylic acids is 1. The second-order valence-corrected chi connectivity index (χ2v) is 3.88. The van der Waals surface area contributed by atoms with Gasteiger partial charge in [0.2, 0.25) is 0 Å². The molecule has 0 saturated carbocycles. The highest BCUT2D eigenvalue weighted by Gasteiger charge is 2.25. The third kappa shape index (κ3) is 3.05. The van der Waals surface area contributed by atoms with Crippen molar-refractivity contribution >= 4 is 11.9 Å². The number of hydrogen-bond acceptors (Lipinski definition) is 4. The van der Waals surface area contributed by atoms with Crippen LogP contribution in [0.25, 0.3) is 0 Å². The van der Waals surface area contributed by atoms with Crippen molar-refractivity contribution in [3.05, 3.63) is 17.5 Å². The number of carbonyl (C=O) groups is 2. The summed E-state index contributed by atoms with van der Waals surface area (Å²) in [7, 11) is 0. The van der Waals surface area contributed by atoms with E-state index in [1.54, 1.807) is 6.92 Å². The van der Waals surface area contributed by atoms with E-state index in [9.17, 15) is 9.59 Å². The summed E-state index contributed by atoms with van der Waals surface area (Å²) < 4.78 is 4.81. The molecule has 1 N–H and O–H groups in total. The van der Waals surface area contributed by atoms with Crippen molar-refractivity contribution in [2.24, 2.45) is 0 Å². The van der Waals surface area contributed by atoms with E-state index in [4.69, 9.17) is 9.63 Å². The van der Waals surface area contributed by atoms with Crippen LogP contribution in [0.3, 0.4) is 0 Å². The lowest BCUT2D eigenvalue weighted by atomic mass is 10.1. The lowest BCUT2D eigenvalue weighted by Gasteiger charge is -2.26. The number of nitrogens with zero attached hydrogens (tertiary/aromatic N) is 2. The highest BCUT2D eigenvalue weighted by atomic mass is 16.5. The predicted molar refractivity (Wildman–Crippen MR) is 59.7 cm³/mol. The molecule has 1 aromatic rings. The van der Waals surface area contributed by atoms with Gasteiger partial charge >= 0.3 is 5.97 Å². The Kier molecular flexibility index (Phi) is 4.25. The molecule has 1 aromatic heterocycles. The summed E-state index contributed by atoms with van der Waals surface area (Å²) in [5.41, 5.74) is 0.312. The SMILES string of the molecule is CCC(C)N(CC(=O)O)C(=O)c1cnoc1C. The fourth-order valence-electron chi connectivity index (χ4n) is 1.45. The molecule has 0 aliphatic heterocycles. The van der Waals surface area contributed by atoms with E-state index in [0.717, 1.165) is 0 Å². The van der Waals surface area contributed by atoms with Gasteiger partial charge in [-0.1, -0.05) is 12.1 Å². The Morgan fingerprint density at radius 1 is 1.59 bits per heavy atom. The summed E-state index contributed by atoms with van der Waals surface area (Å²) in [5.74, 6) is -0.998. The first kappa shape index (κ1) is 13.2. The second-order valence-electron chi connectivity index (χ2n) is 3.88. The van der Waals surface area contributed by atoms with Crippen molar-refractivity contribution in [1.82, 2.24) is 10.1 Å². The van der Waals surface area contributed by atoms with Crippen LogP contribution in [0, 0.1) is 6.92 Å². The van der Waals surface area contributed by atoms with Gasteiger partial charge in [0.1, 0.15) is 17.9 Å². The predicted octanol–water partition coefficient (Wildman–Crippen LogP) is 1.31. The first-order valence-electron chi connectivity index (χ1n) is 5.41. The smallest absolute Gasteiger partial charge is 0.323 e. The van der Waals surface area contributed by atoms with E-state index < -0.39 is 5.97 Å². The molecule has 0 spiro atoms. The third-order valence-corrected chi connectivity index (χ3v) is 2.67. The molecule has 1 heterocycles. The molecule has 0 aromatic carbocycles. The van der Waals surface area contributed by atoms with E-state index in [1.165, 1.54) is 11.1 Å². The number of aromatic nitrogens is 1. The second kappa shape index (κ2) is 5.47. The normalized spacial score (nSPS) is 12.2. The number of amides is 1. The van der Waals surface area contributed by atoms with E-state index in [1.807, 2.05) is 13.8 Å². The molecule has 6 nitrogen and oxygen atoms in total. The van der Waals surface area contributed by atoms with Crippen molar-refractivity contribution in [2.75, 3.05) is 6.54 Å². The molecule has 1 unspecified atom stereocenters. The van der Waals surface area contributed by atoms with Crippen LogP contribution in [0.1, 0.15) is 36.4 Å². The van der Waals surface area contributed by atoms with Crippen LogP contribution in [0.15, 0.2) is 10.7 Å². The van der Waals surface area contributed by atoms with Crippen molar-refractivity contribution < 1.29 is 19.2 Å². The Balaban J connectivity index is 2.94. The summed E-state index contributed by atoms with van der Waals surface area (Å²) in [6.07, 6.45) is 2.00. The summed E-state index contributed by atoms with van der Waals surface area (Å²) in [4.78, 5) is 24.2. The maximum atomic E-state index is 12.1. The number of aliphatic carboxylic acids is 1. The molecule has 0 bridgehead atoms. The van der Waals surface area contributed by atoms with Gasteiger partial charge in [0.05, 0.1) is 6.20 Å². The molecule has 94 valence electrons. The summed E-state index contributed by atoms with van der Waals surface area (Å²) >= 11 is 0. The Morgan fingerprint density at radius 2 is 2.24 bits per heavy atom. The molecule has 1 rings (SSSR count). The van der Waals surface area contributed by atoms with E-state index in [0.29, 0.717) is 17.7 Å². The van der Waals surface area contributed by atoms with Crippen LogP contribution < -0.4 is 0 Å². The van der Waals surface area contributed by atoms with Crippen LogP contribution in [-0.2, 0) is 4.79 Å². The Morgan fingerprint density at radius 3 is 2.65 bits per heavy atom. The Labute approximate surface area is 99.2 Å². The molecule has 0 aliphatic carbocycles. The number of carboxylic acid groups (broad SMARTS) is 1. The summed E-state index contributed by atoms with van der Waals surface area (Å²) in [6.45, 7) is 5.01. The van der Waals surface area contributed by atoms with E-state index in [2.05, 4.69) is 5.16 Å². The maximum absolute atomic E-state index is 12.1. The molecular formula is C11H16N2O4. The zero-order valence-electron chi connectivity index (χ0n) is 10.1. The minimum Gasteiger partial charge on any atom is -0.480 e. The first-order chi connectivity index (χ1) is 7.97. The molecule has 17 heavy (non-hydrogen) atoms. The first-order valence-corrected chi connectivity index (χ1v) is 5.41. The van der Waals surface area contributed by atoms with E-state index in [-0.39, 0.29) is 18.5 Å². The lowest BCUT2D eigenvalue weighted by Crippen LogP contribution is -2.41. The zero-order chi connectivity index (χ0) is 13.0. The van der Waals surface area contributed by atoms with Gasteiger partial charge < -0.3 is 14.5 Å².